The highest BCUT2D eigenvalue weighted by Crippen LogP contribution is 2.38. The number of carboxylic acid groups (broad SMARTS) is 1. The van der Waals surface area contributed by atoms with Crippen LogP contribution in [0.2, 0.25) is 0 Å². The molecule has 0 aromatic carbocycles. The summed E-state index contributed by atoms with van der Waals surface area (Å²) < 4.78 is 0. The molecule has 0 aliphatic heterocycles. The molecule has 1 fully saturated rings. The number of nitrogens with zero attached hydrogens (tertiary/aromatic N) is 1. The first-order valence-corrected chi connectivity index (χ1v) is 7.61. The Morgan fingerprint density at radius 2 is 2.00 bits per heavy atom. The fourth-order valence-electron chi connectivity index (χ4n) is 3.00. The van der Waals surface area contributed by atoms with Gasteiger partial charge in [-0.3, -0.25) is 9.59 Å². The van der Waals surface area contributed by atoms with Crippen LogP contribution in [0.15, 0.2) is 12.4 Å². The number of nitrogens with one attached hydrogen (secondary N) is 2. The van der Waals surface area contributed by atoms with Crippen molar-refractivity contribution in [3.05, 3.63) is 18.2 Å². The third kappa shape index (κ3) is 4.31. The van der Waals surface area contributed by atoms with E-state index in [9.17, 15) is 14.7 Å². The number of amides is 1. The molecule has 1 saturated carbocycles. The van der Waals surface area contributed by atoms with Crippen LogP contribution in [-0.2, 0) is 16.0 Å². The highest BCUT2D eigenvalue weighted by atomic mass is 16.4. The van der Waals surface area contributed by atoms with E-state index in [0.717, 1.165) is 31.5 Å². The summed E-state index contributed by atoms with van der Waals surface area (Å²) >= 11 is 0. The number of carbonyl (C=O) groups excluding carboxylic acids is 1. The number of carbonyl (C=O) groups is 2. The molecule has 21 heavy (non-hydrogen) atoms. The lowest BCUT2D eigenvalue weighted by Crippen LogP contribution is -2.38. The van der Waals surface area contributed by atoms with Crippen molar-refractivity contribution in [2.45, 2.75) is 51.4 Å². The molecule has 6 heteroatoms. The summed E-state index contributed by atoms with van der Waals surface area (Å²) in [6.07, 6.45) is 9.24. The Bertz CT molecular complexity index is 463. The largest absolute Gasteiger partial charge is 0.481 e. The van der Waals surface area contributed by atoms with Gasteiger partial charge in [0.05, 0.1) is 5.41 Å². The van der Waals surface area contributed by atoms with Crippen LogP contribution in [0.3, 0.4) is 0 Å². The molecule has 0 spiro atoms. The predicted molar refractivity (Wildman–Crippen MR) is 77.7 cm³/mol. The Balaban J connectivity index is 1.84. The fraction of sp³-hybridized carbons (Fsp3) is 0.667. The quantitative estimate of drug-likeness (QED) is 0.698. The summed E-state index contributed by atoms with van der Waals surface area (Å²) in [6.45, 7) is 0.474. The van der Waals surface area contributed by atoms with Crippen molar-refractivity contribution < 1.29 is 14.7 Å². The van der Waals surface area contributed by atoms with Crippen molar-refractivity contribution in [1.29, 1.82) is 0 Å². The molecule has 0 radical (unpaired) electrons. The van der Waals surface area contributed by atoms with Crippen molar-refractivity contribution in [1.82, 2.24) is 15.3 Å². The topological polar surface area (TPSA) is 95.1 Å². The maximum absolute atomic E-state index is 12.1. The zero-order valence-electron chi connectivity index (χ0n) is 12.2. The lowest BCUT2D eigenvalue weighted by Gasteiger charge is -2.27. The summed E-state index contributed by atoms with van der Waals surface area (Å²) in [5, 5.41) is 12.3. The minimum Gasteiger partial charge on any atom is -0.481 e. The number of H-pyrrole nitrogens is 1. The Hall–Kier alpha value is -1.85. The van der Waals surface area contributed by atoms with Gasteiger partial charge in [0.1, 0.15) is 5.82 Å². The average molecular weight is 293 g/mol. The van der Waals surface area contributed by atoms with Crippen LogP contribution in [0.4, 0.5) is 0 Å². The fourth-order valence-corrected chi connectivity index (χ4v) is 3.00. The normalized spacial score (nSPS) is 17.9. The molecule has 1 aromatic rings. The van der Waals surface area contributed by atoms with Crippen molar-refractivity contribution in [2.24, 2.45) is 5.41 Å². The van der Waals surface area contributed by atoms with Crippen molar-refractivity contribution in [2.75, 3.05) is 6.54 Å². The Kier molecular flexibility index (Phi) is 5.36. The Labute approximate surface area is 124 Å². The summed E-state index contributed by atoms with van der Waals surface area (Å²) in [6, 6.07) is 0. The second-order valence-electron chi connectivity index (χ2n) is 5.81. The van der Waals surface area contributed by atoms with Gasteiger partial charge >= 0.3 is 5.97 Å². The monoisotopic (exact) mass is 293 g/mol. The molecule has 0 saturated heterocycles. The number of aromatic nitrogens is 2. The average Bonchev–Trinajstić information content (AvgIpc) is 2.84. The molecular weight excluding hydrogens is 270 g/mol. The molecule has 6 nitrogen and oxygen atoms in total. The first kappa shape index (κ1) is 15.5. The van der Waals surface area contributed by atoms with Crippen LogP contribution >= 0.6 is 0 Å². The van der Waals surface area contributed by atoms with Crippen LogP contribution in [0, 0.1) is 5.41 Å². The Morgan fingerprint density at radius 3 is 2.57 bits per heavy atom. The number of aliphatic carboxylic acids is 1. The van der Waals surface area contributed by atoms with Crippen LogP contribution in [0.25, 0.3) is 0 Å². The van der Waals surface area contributed by atoms with Crippen LogP contribution < -0.4 is 5.32 Å². The van der Waals surface area contributed by atoms with Crippen molar-refractivity contribution in [3.63, 3.8) is 0 Å². The molecule has 1 aliphatic rings. The van der Waals surface area contributed by atoms with Crippen molar-refractivity contribution in [3.8, 4) is 0 Å². The molecule has 1 heterocycles. The molecule has 2 rings (SSSR count). The SMILES string of the molecule is O=C(CC1(C(=O)O)CCCCCC1)NCCc1ncc[nH]1. The van der Waals surface area contributed by atoms with E-state index >= 15 is 0 Å². The van der Waals surface area contributed by atoms with Crippen LogP contribution in [0.5, 0.6) is 0 Å². The molecule has 3 N–H and O–H groups in total. The van der Waals surface area contributed by atoms with E-state index in [0.29, 0.717) is 25.8 Å². The van der Waals surface area contributed by atoms with Crippen LogP contribution in [-0.4, -0.2) is 33.5 Å². The third-order valence-corrected chi connectivity index (χ3v) is 4.25. The minimum atomic E-state index is -0.870. The summed E-state index contributed by atoms with van der Waals surface area (Å²) in [7, 11) is 0. The van der Waals surface area contributed by atoms with Gasteiger partial charge in [-0.2, -0.15) is 0 Å². The molecule has 116 valence electrons. The van der Waals surface area contributed by atoms with Gasteiger partial charge < -0.3 is 15.4 Å². The first-order valence-electron chi connectivity index (χ1n) is 7.61. The molecular formula is C15H23N3O3. The van der Waals surface area contributed by atoms with Gasteiger partial charge in [0.15, 0.2) is 0 Å². The smallest absolute Gasteiger partial charge is 0.310 e. The maximum Gasteiger partial charge on any atom is 0.310 e. The molecule has 0 atom stereocenters. The zero-order chi connectivity index (χ0) is 15.1. The standard InChI is InChI=1S/C15H23N3O3/c19-13(18-8-5-12-16-9-10-17-12)11-15(14(20)21)6-3-1-2-4-7-15/h9-10H,1-8,11H2,(H,16,17)(H,18,19)(H,20,21). The molecule has 0 unspecified atom stereocenters. The van der Waals surface area contributed by atoms with E-state index in [1.54, 1.807) is 12.4 Å². The third-order valence-electron chi connectivity index (χ3n) is 4.25. The molecule has 1 aliphatic carbocycles. The number of imidazole rings is 1. The highest BCUT2D eigenvalue weighted by molar-refractivity contribution is 5.85. The number of aromatic amines is 1. The lowest BCUT2D eigenvalue weighted by atomic mass is 9.77. The Morgan fingerprint density at radius 1 is 1.29 bits per heavy atom. The summed E-state index contributed by atoms with van der Waals surface area (Å²) in [5.41, 5.74) is -0.870. The summed E-state index contributed by atoms with van der Waals surface area (Å²) in [4.78, 5) is 30.7. The minimum absolute atomic E-state index is 0.0838. The van der Waals surface area contributed by atoms with Gasteiger partial charge in [0, 0.05) is 31.8 Å². The van der Waals surface area contributed by atoms with Gasteiger partial charge in [-0.05, 0) is 12.8 Å². The second kappa shape index (κ2) is 7.24. The van der Waals surface area contributed by atoms with Gasteiger partial charge in [-0.1, -0.05) is 25.7 Å². The van der Waals surface area contributed by atoms with E-state index in [-0.39, 0.29) is 12.3 Å². The zero-order valence-corrected chi connectivity index (χ0v) is 12.2. The highest BCUT2D eigenvalue weighted by Gasteiger charge is 2.40. The van der Waals surface area contributed by atoms with Gasteiger partial charge in [0.2, 0.25) is 5.91 Å². The lowest BCUT2D eigenvalue weighted by molar-refractivity contribution is -0.152. The van der Waals surface area contributed by atoms with Gasteiger partial charge in [0.25, 0.3) is 0 Å². The van der Waals surface area contributed by atoms with E-state index < -0.39 is 11.4 Å². The van der Waals surface area contributed by atoms with E-state index in [4.69, 9.17) is 0 Å². The molecule has 1 aromatic heterocycles. The molecule has 1 amide bonds. The van der Waals surface area contributed by atoms with Gasteiger partial charge in [-0.15, -0.1) is 0 Å². The number of hydrogen-bond donors (Lipinski definition) is 3. The number of hydrogen-bond acceptors (Lipinski definition) is 3. The van der Waals surface area contributed by atoms with Crippen LogP contribution in [0.1, 0.15) is 50.8 Å². The summed E-state index contributed by atoms with van der Waals surface area (Å²) in [5.74, 6) is -0.186. The molecule has 0 bridgehead atoms. The first-order chi connectivity index (χ1) is 10.1. The van der Waals surface area contributed by atoms with E-state index in [2.05, 4.69) is 15.3 Å². The number of carboxylic acids is 1. The number of rotatable bonds is 6. The second-order valence-corrected chi connectivity index (χ2v) is 5.81. The van der Waals surface area contributed by atoms with E-state index in [1.165, 1.54) is 0 Å². The predicted octanol–water partition coefficient (Wildman–Crippen LogP) is 1.88. The maximum atomic E-state index is 12.1. The van der Waals surface area contributed by atoms with Gasteiger partial charge in [-0.25, -0.2) is 4.98 Å². The van der Waals surface area contributed by atoms with E-state index in [1.807, 2.05) is 0 Å². The van der Waals surface area contributed by atoms with Crippen molar-refractivity contribution >= 4 is 11.9 Å².